The molecule has 0 unspecified atom stereocenters. The molecule has 0 aliphatic heterocycles. The van der Waals surface area contributed by atoms with Crippen LogP contribution in [0.4, 0.5) is 0 Å². The molecule has 0 heterocycles. The van der Waals surface area contributed by atoms with Gasteiger partial charge in [-0.25, -0.2) is 13.6 Å². The van der Waals surface area contributed by atoms with E-state index >= 15 is 0 Å². The van der Waals surface area contributed by atoms with Gasteiger partial charge in [-0.05, 0) is 51.3 Å². The molecule has 1 aromatic rings. The fourth-order valence-electron chi connectivity index (χ4n) is 2.06. The van der Waals surface area contributed by atoms with Crippen molar-refractivity contribution in [3.63, 3.8) is 0 Å². The van der Waals surface area contributed by atoms with Crippen molar-refractivity contribution in [3.05, 3.63) is 28.8 Å². The van der Waals surface area contributed by atoms with Gasteiger partial charge in [0.15, 0.2) is 0 Å². The number of rotatable bonds is 4. The van der Waals surface area contributed by atoms with Gasteiger partial charge >= 0.3 is 0 Å². The van der Waals surface area contributed by atoms with Crippen molar-refractivity contribution in [2.45, 2.75) is 51.5 Å². The summed E-state index contributed by atoms with van der Waals surface area (Å²) in [7, 11) is -2.12. The Kier molecular flexibility index (Phi) is 4.85. The van der Waals surface area contributed by atoms with Crippen LogP contribution in [0.2, 0.25) is 0 Å². The molecule has 0 bridgehead atoms. The van der Waals surface area contributed by atoms with Crippen LogP contribution in [0.3, 0.4) is 0 Å². The summed E-state index contributed by atoms with van der Waals surface area (Å²) in [5, 5.41) is 5.21. The van der Waals surface area contributed by atoms with Gasteiger partial charge in [-0.3, -0.25) is 4.79 Å². The molecule has 0 aliphatic rings. The molecule has 21 heavy (non-hydrogen) atoms. The van der Waals surface area contributed by atoms with Crippen LogP contribution < -0.4 is 5.14 Å². The number of carbonyl (C=O) groups is 1. The van der Waals surface area contributed by atoms with Gasteiger partial charge in [0.05, 0.1) is 4.90 Å². The number of hydrogen-bond acceptors (Lipinski definition) is 3. The van der Waals surface area contributed by atoms with Crippen molar-refractivity contribution in [1.29, 1.82) is 0 Å². The summed E-state index contributed by atoms with van der Waals surface area (Å²) in [6, 6.07) is 3.06. The molecule has 1 aromatic carbocycles. The second-order valence-electron chi connectivity index (χ2n) is 6.01. The van der Waals surface area contributed by atoms with Crippen molar-refractivity contribution in [2.75, 3.05) is 7.05 Å². The molecule has 0 saturated heterocycles. The fraction of sp³-hybridized carbons (Fsp3) is 0.533. The molecule has 6 heteroatoms. The molecule has 1 rings (SSSR count). The minimum atomic E-state index is -3.84. The largest absolute Gasteiger partial charge is 0.337 e. The number of nitrogens with zero attached hydrogens (tertiary/aromatic N) is 1. The van der Waals surface area contributed by atoms with Crippen molar-refractivity contribution in [3.8, 4) is 0 Å². The number of amides is 1. The summed E-state index contributed by atoms with van der Waals surface area (Å²) in [4.78, 5) is 14.3. The molecule has 0 aliphatic carbocycles. The first-order valence-electron chi connectivity index (χ1n) is 6.84. The number of carbonyl (C=O) groups excluding carboxylic acids is 1. The molecular weight excluding hydrogens is 288 g/mol. The molecule has 0 fully saturated rings. The Bertz CT molecular complexity index is 664. The maximum atomic E-state index is 12.7. The number of nitrogens with two attached hydrogens (primary N) is 1. The number of sulfonamides is 1. The van der Waals surface area contributed by atoms with E-state index in [4.69, 9.17) is 5.14 Å². The Labute approximate surface area is 127 Å². The molecule has 118 valence electrons. The second-order valence-corrected chi connectivity index (χ2v) is 7.54. The molecule has 1 amide bonds. The van der Waals surface area contributed by atoms with E-state index in [1.807, 2.05) is 20.8 Å². The Morgan fingerprint density at radius 2 is 1.76 bits per heavy atom. The van der Waals surface area contributed by atoms with E-state index in [0.717, 1.165) is 12.0 Å². The molecular formula is C15H24N2O3S. The van der Waals surface area contributed by atoms with E-state index in [1.165, 1.54) is 6.07 Å². The number of aryl methyl sites for hydroxylation is 2. The highest BCUT2D eigenvalue weighted by molar-refractivity contribution is 7.89. The highest BCUT2D eigenvalue weighted by Crippen LogP contribution is 2.24. The molecule has 0 radical (unpaired) electrons. The Hall–Kier alpha value is -1.40. The highest BCUT2D eigenvalue weighted by atomic mass is 32.2. The smallest absolute Gasteiger partial charge is 0.254 e. The van der Waals surface area contributed by atoms with Gasteiger partial charge in [-0.2, -0.15) is 0 Å². The van der Waals surface area contributed by atoms with Gasteiger partial charge in [0.2, 0.25) is 10.0 Å². The highest BCUT2D eigenvalue weighted by Gasteiger charge is 2.28. The summed E-state index contributed by atoms with van der Waals surface area (Å²) in [5.41, 5.74) is 1.34. The third kappa shape index (κ3) is 3.63. The maximum absolute atomic E-state index is 12.7. The lowest BCUT2D eigenvalue weighted by molar-refractivity contribution is 0.0619. The van der Waals surface area contributed by atoms with Gasteiger partial charge in [-0.15, -0.1) is 0 Å². The number of benzene rings is 1. The standard InChI is InChI=1S/C15H24N2O3S/c1-7-15(4,5)17(6)14(18)12-9-13(21(16,19)20)11(3)8-10(12)2/h8-9H,7H2,1-6H3,(H2,16,19,20). The first kappa shape index (κ1) is 17.7. The van der Waals surface area contributed by atoms with Crippen LogP contribution in [0.5, 0.6) is 0 Å². The molecule has 0 saturated carbocycles. The van der Waals surface area contributed by atoms with Gasteiger partial charge in [-0.1, -0.05) is 13.0 Å². The molecule has 0 aromatic heterocycles. The van der Waals surface area contributed by atoms with Crippen LogP contribution in [0.1, 0.15) is 48.7 Å². The average Bonchev–Trinajstić information content (AvgIpc) is 2.35. The maximum Gasteiger partial charge on any atom is 0.254 e. The summed E-state index contributed by atoms with van der Waals surface area (Å²) >= 11 is 0. The third-order valence-corrected chi connectivity index (χ3v) is 5.19. The van der Waals surface area contributed by atoms with Crippen molar-refractivity contribution in [1.82, 2.24) is 4.90 Å². The van der Waals surface area contributed by atoms with E-state index < -0.39 is 10.0 Å². The van der Waals surface area contributed by atoms with Gasteiger partial charge in [0.25, 0.3) is 5.91 Å². The molecule has 0 spiro atoms. The third-order valence-electron chi connectivity index (χ3n) is 4.14. The Morgan fingerprint density at radius 1 is 1.24 bits per heavy atom. The molecule has 5 nitrogen and oxygen atoms in total. The Morgan fingerprint density at radius 3 is 2.19 bits per heavy atom. The zero-order valence-corrected chi connectivity index (χ0v) is 14.3. The monoisotopic (exact) mass is 312 g/mol. The van der Waals surface area contributed by atoms with E-state index in [9.17, 15) is 13.2 Å². The second kappa shape index (κ2) is 5.77. The molecule has 0 atom stereocenters. The zero-order chi connectivity index (χ0) is 16.6. The predicted octanol–water partition coefficient (Wildman–Crippen LogP) is 2.21. The van der Waals surface area contributed by atoms with Crippen molar-refractivity contribution >= 4 is 15.9 Å². The topological polar surface area (TPSA) is 80.5 Å². The Balaban J connectivity index is 3.41. The SMILES string of the molecule is CCC(C)(C)N(C)C(=O)c1cc(S(N)(=O)=O)c(C)cc1C. The van der Waals surface area contributed by atoms with Crippen LogP contribution in [0.25, 0.3) is 0 Å². The van der Waals surface area contributed by atoms with Crippen LogP contribution in [-0.4, -0.2) is 31.8 Å². The first-order valence-corrected chi connectivity index (χ1v) is 8.38. The summed E-state index contributed by atoms with van der Waals surface area (Å²) in [6.07, 6.45) is 0.794. The van der Waals surface area contributed by atoms with Crippen LogP contribution in [0, 0.1) is 13.8 Å². The van der Waals surface area contributed by atoms with E-state index in [2.05, 4.69) is 0 Å². The predicted molar refractivity (Wildman–Crippen MR) is 83.8 cm³/mol. The lowest BCUT2D eigenvalue weighted by atomic mass is 9.97. The van der Waals surface area contributed by atoms with Crippen LogP contribution >= 0.6 is 0 Å². The number of hydrogen-bond donors (Lipinski definition) is 1. The lowest BCUT2D eigenvalue weighted by Gasteiger charge is -2.35. The molecule has 2 N–H and O–H groups in total. The van der Waals surface area contributed by atoms with Gasteiger partial charge in [0, 0.05) is 18.2 Å². The van der Waals surface area contributed by atoms with E-state index in [0.29, 0.717) is 11.1 Å². The van der Waals surface area contributed by atoms with Crippen LogP contribution in [0.15, 0.2) is 17.0 Å². The van der Waals surface area contributed by atoms with E-state index in [1.54, 1.807) is 31.9 Å². The number of primary sulfonamides is 1. The average molecular weight is 312 g/mol. The summed E-state index contributed by atoms with van der Waals surface area (Å²) in [6.45, 7) is 9.40. The van der Waals surface area contributed by atoms with E-state index in [-0.39, 0.29) is 16.3 Å². The van der Waals surface area contributed by atoms with Gasteiger partial charge in [0.1, 0.15) is 0 Å². The van der Waals surface area contributed by atoms with Crippen molar-refractivity contribution in [2.24, 2.45) is 5.14 Å². The summed E-state index contributed by atoms with van der Waals surface area (Å²) in [5.74, 6) is -0.204. The normalized spacial score (nSPS) is 12.3. The quantitative estimate of drug-likeness (QED) is 0.925. The minimum absolute atomic E-state index is 0.000783. The summed E-state index contributed by atoms with van der Waals surface area (Å²) < 4.78 is 23.2. The van der Waals surface area contributed by atoms with Gasteiger partial charge < -0.3 is 4.90 Å². The zero-order valence-electron chi connectivity index (χ0n) is 13.5. The van der Waals surface area contributed by atoms with Crippen LogP contribution in [-0.2, 0) is 10.0 Å². The first-order chi connectivity index (χ1) is 9.41. The fourth-order valence-corrected chi connectivity index (χ4v) is 2.85. The minimum Gasteiger partial charge on any atom is -0.337 e. The van der Waals surface area contributed by atoms with Crippen molar-refractivity contribution < 1.29 is 13.2 Å². The lowest BCUT2D eigenvalue weighted by Crippen LogP contribution is -2.44.